The summed E-state index contributed by atoms with van der Waals surface area (Å²) in [5.74, 6) is 0.444. The molecule has 0 amide bonds. The van der Waals surface area contributed by atoms with E-state index in [0.717, 1.165) is 19.6 Å². The highest BCUT2D eigenvalue weighted by atomic mass is 35.5. The summed E-state index contributed by atoms with van der Waals surface area (Å²) in [6.07, 6.45) is 0. The minimum atomic E-state index is -0.427. The van der Waals surface area contributed by atoms with Gasteiger partial charge in [-0.2, -0.15) is 4.98 Å². The first-order valence-corrected chi connectivity index (χ1v) is 6.72. The predicted octanol–water partition coefficient (Wildman–Crippen LogP) is 2.53. The van der Waals surface area contributed by atoms with Crippen molar-refractivity contribution in [3.63, 3.8) is 0 Å². The van der Waals surface area contributed by atoms with Gasteiger partial charge in [0.2, 0.25) is 0 Å². The summed E-state index contributed by atoms with van der Waals surface area (Å²) in [6, 6.07) is 4.23. The van der Waals surface area contributed by atoms with Crippen molar-refractivity contribution in [1.82, 2.24) is 20.4 Å². The molecule has 1 saturated heterocycles. The number of rotatable bonds is 2. The van der Waals surface area contributed by atoms with Crippen LogP contribution in [0.25, 0.3) is 11.5 Å². The standard InChI is InChI=1S/C13H14ClFN4O.ClH/c1-19-3-2-16-7-11(19)12-17-13(20-18-12)8-4-9(14)6-10(15)5-8;/h4-6,11,16H,2-3,7H2,1H3;1H. The van der Waals surface area contributed by atoms with E-state index in [1.54, 1.807) is 6.07 Å². The molecule has 3 rings (SSSR count). The van der Waals surface area contributed by atoms with E-state index in [1.807, 2.05) is 7.05 Å². The number of likely N-dealkylation sites (N-methyl/N-ethyl adjacent to an activating group) is 1. The van der Waals surface area contributed by atoms with Crippen LogP contribution in [0, 0.1) is 5.82 Å². The highest BCUT2D eigenvalue weighted by Gasteiger charge is 2.25. The molecule has 5 nitrogen and oxygen atoms in total. The number of benzene rings is 1. The van der Waals surface area contributed by atoms with E-state index in [1.165, 1.54) is 12.1 Å². The van der Waals surface area contributed by atoms with Crippen LogP contribution in [0.5, 0.6) is 0 Å². The maximum Gasteiger partial charge on any atom is 0.258 e. The number of halogens is 3. The second-order valence-corrected chi connectivity index (χ2v) is 5.25. The molecule has 8 heteroatoms. The Kier molecular flexibility index (Phi) is 5.16. The molecule has 1 atom stereocenters. The molecular weight excluding hydrogens is 318 g/mol. The van der Waals surface area contributed by atoms with E-state index in [2.05, 4.69) is 20.4 Å². The molecule has 114 valence electrons. The number of nitrogens with zero attached hydrogens (tertiary/aromatic N) is 3. The van der Waals surface area contributed by atoms with Crippen molar-refractivity contribution in [2.45, 2.75) is 6.04 Å². The van der Waals surface area contributed by atoms with Crippen LogP contribution in [0.1, 0.15) is 11.9 Å². The van der Waals surface area contributed by atoms with Gasteiger partial charge in [-0.25, -0.2) is 4.39 Å². The second-order valence-electron chi connectivity index (χ2n) is 4.82. The van der Waals surface area contributed by atoms with E-state index in [9.17, 15) is 4.39 Å². The minimum absolute atomic E-state index is 0. The lowest BCUT2D eigenvalue weighted by atomic mass is 10.2. The summed E-state index contributed by atoms with van der Waals surface area (Å²) in [5, 5.41) is 7.58. The van der Waals surface area contributed by atoms with Crippen molar-refractivity contribution in [2.24, 2.45) is 0 Å². The molecule has 1 aliphatic heterocycles. The fourth-order valence-corrected chi connectivity index (χ4v) is 2.48. The van der Waals surface area contributed by atoms with E-state index >= 15 is 0 Å². The molecule has 2 aromatic rings. The topological polar surface area (TPSA) is 54.2 Å². The maximum absolute atomic E-state index is 13.3. The number of nitrogens with one attached hydrogen (secondary N) is 1. The Morgan fingerprint density at radius 1 is 1.43 bits per heavy atom. The van der Waals surface area contributed by atoms with Crippen LogP contribution in [0.3, 0.4) is 0 Å². The van der Waals surface area contributed by atoms with Gasteiger partial charge in [0, 0.05) is 30.2 Å². The van der Waals surface area contributed by atoms with Crippen LogP contribution in [-0.2, 0) is 0 Å². The van der Waals surface area contributed by atoms with Crippen LogP contribution >= 0.6 is 24.0 Å². The van der Waals surface area contributed by atoms with Gasteiger partial charge in [-0.1, -0.05) is 16.8 Å². The summed E-state index contributed by atoms with van der Waals surface area (Å²) >= 11 is 5.83. The van der Waals surface area contributed by atoms with Crippen LogP contribution in [0.15, 0.2) is 22.7 Å². The van der Waals surface area contributed by atoms with E-state index in [0.29, 0.717) is 16.4 Å². The van der Waals surface area contributed by atoms with E-state index in [-0.39, 0.29) is 24.3 Å². The first-order valence-electron chi connectivity index (χ1n) is 6.34. The Labute approximate surface area is 132 Å². The van der Waals surface area contributed by atoms with Gasteiger partial charge in [0.25, 0.3) is 5.89 Å². The van der Waals surface area contributed by atoms with Crippen molar-refractivity contribution in [3.8, 4) is 11.5 Å². The molecule has 0 aliphatic carbocycles. The van der Waals surface area contributed by atoms with Gasteiger partial charge >= 0.3 is 0 Å². The summed E-state index contributed by atoms with van der Waals surface area (Å²) in [5.41, 5.74) is 0.486. The summed E-state index contributed by atoms with van der Waals surface area (Å²) in [4.78, 5) is 6.51. The molecule has 2 heterocycles. The molecule has 1 N–H and O–H groups in total. The average Bonchev–Trinajstić information content (AvgIpc) is 2.87. The summed E-state index contributed by atoms with van der Waals surface area (Å²) in [6.45, 7) is 2.62. The van der Waals surface area contributed by atoms with Crippen molar-refractivity contribution >= 4 is 24.0 Å². The number of hydrogen-bond donors (Lipinski definition) is 1. The van der Waals surface area contributed by atoms with Crippen LogP contribution in [0.4, 0.5) is 4.39 Å². The second kappa shape index (κ2) is 6.70. The fourth-order valence-electron chi connectivity index (χ4n) is 2.26. The monoisotopic (exact) mass is 332 g/mol. The van der Waals surface area contributed by atoms with Gasteiger partial charge in [-0.3, -0.25) is 4.90 Å². The fraction of sp³-hybridized carbons (Fsp3) is 0.385. The summed E-state index contributed by atoms with van der Waals surface area (Å²) < 4.78 is 18.6. The predicted molar refractivity (Wildman–Crippen MR) is 80.2 cm³/mol. The Bertz CT molecular complexity index is 602. The van der Waals surface area contributed by atoms with Crippen LogP contribution < -0.4 is 5.32 Å². The minimum Gasteiger partial charge on any atom is -0.334 e. The van der Waals surface area contributed by atoms with Gasteiger partial charge in [-0.05, 0) is 25.2 Å². The first kappa shape index (κ1) is 16.2. The van der Waals surface area contributed by atoms with Crippen molar-refractivity contribution in [1.29, 1.82) is 0 Å². The Morgan fingerprint density at radius 3 is 2.95 bits per heavy atom. The average molecular weight is 333 g/mol. The highest BCUT2D eigenvalue weighted by molar-refractivity contribution is 6.30. The largest absolute Gasteiger partial charge is 0.334 e. The molecule has 0 spiro atoms. The Balaban J connectivity index is 0.00000161. The lowest BCUT2D eigenvalue weighted by Gasteiger charge is -2.30. The van der Waals surface area contributed by atoms with Crippen LogP contribution in [0.2, 0.25) is 5.02 Å². The van der Waals surface area contributed by atoms with Crippen molar-refractivity contribution in [2.75, 3.05) is 26.7 Å². The van der Waals surface area contributed by atoms with E-state index in [4.69, 9.17) is 16.1 Å². The van der Waals surface area contributed by atoms with Gasteiger partial charge < -0.3 is 9.84 Å². The third kappa shape index (κ3) is 3.52. The molecule has 0 radical (unpaired) electrons. The number of hydrogen-bond acceptors (Lipinski definition) is 5. The molecule has 1 aromatic heterocycles. The molecule has 0 bridgehead atoms. The molecule has 1 fully saturated rings. The van der Waals surface area contributed by atoms with E-state index < -0.39 is 5.82 Å². The molecule has 1 aliphatic rings. The molecular formula is C13H15Cl2FN4O. The summed E-state index contributed by atoms with van der Waals surface area (Å²) in [7, 11) is 2.01. The first-order chi connectivity index (χ1) is 9.63. The smallest absolute Gasteiger partial charge is 0.258 e. The third-order valence-corrected chi connectivity index (χ3v) is 3.58. The van der Waals surface area contributed by atoms with Gasteiger partial charge in [-0.15, -0.1) is 12.4 Å². The number of aromatic nitrogens is 2. The maximum atomic E-state index is 13.3. The zero-order chi connectivity index (χ0) is 14.1. The lowest BCUT2D eigenvalue weighted by Crippen LogP contribution is -2.44. The Morgan fingerprint density at radius 2 is 2.24 bits per heavy atom. The highest BCUT2D eigenvalue weighted by Crippen LogP contribution is 2.25. The Hall–Kier alpha value is -1.21. The normalized spacial score (nSPS) is 19.3. The molecule has 1 unspecified atom stereocenters. The molecule has 1 aromatic carbocycles. The van der Waals surface area contributed by atoms with Crippen LogP contribution in [-0.4, -0.2) is 41.7 Å². The lowest BCUT2D eigenvalue weighted by molar-refractivity contribution is 0.190. The van der Waals surface area contributed by atoms with Gasteiger partial charge in [0.05, 0.1) is 6.04 Å². The zero-order valence-electron chi connectivity index (χ0n) is 11.3. The quantitative estimate of drug-likeness (QED) is 0.915. The van der Waals surface area contributed by atoms with Gasteiger partial charge in [0.15, 0.2) is 5.82 Å². The number of piperazine rings is 1. The third-order valence-electron chi connectivity index (χ3n) is 3.36. The van der Waals surface area contributed by atoms with Gasteiger partial charge in [0.1, 0.15) is 5.82 Å². The molecule has 21 heavy (non-hydrogen) atoms. The molecule has 0 saturated carbocycles. The SMILES string of the molecule is CN1CCNCC1c1noc(-c2cc(F)cc(Cl)c2)n1.Cl. The van der Waals surface area contributed by atoms with Crippen molar-refractivity contribution in [3.05, 3.63) is 34.9 Å². The van der Waals surface area contributed by atoms with Crippen molar-refractivity contribution < 1.29 is 8.91 Å². The zero-order valence-corrected chi connectivity index (χ0v) is 12.9.